The predicted molar refractivity (Wildman–Crippen MR) is 114 cm³/mol. The molecule has 0 radical (unpaired) electrons. The van der Waals surface area contributed by atoms with E-state index in [1.807, 2.05) is 71.6 Å². The molecule has 0 aromatic heterocycles. The van der Waals surface area contributed by atoms with E-state index in [4.69, 9.17) is 16.6 Å². The first-order valence-corrected chi connectivity index (χ1v) is 9.45. The lowest BCUT2D eigenvalue weighted by Gasteiger charge is -2.34. The van der Waals surface area contributed by atoms with Crippen molar-refractivity contribution in [1.29, 1.82) is 0 Å². The lowest BCUT2D eigenvalue weighted by atomic mass is 9.95. The van der Waals surface area contributed by atoms with Gasteiger partial charge in [-0.05, 0) is 35.9 Å². The van der Waals surface area contributed by atoms with Crippen molar-refractivity contribution in [3.63, 3.8) is 0 Å². The van der Waals surface area contributed by atoms with Crippen LogP contribution in [0.4, 0.5) is 11.4 Å². The summed E-state index contributed by atoms with van der Waals surface area (Å²) in [6, 6.07) is 26.2. The molecule has 1 N–H and O–H groups in total. The lowest BCUT2D eigenvalue weighted by molar-refractivity contribution is 0.324. The molecule has 0 amide bonds. The van der Waals surface area contributed by atoms with Gasteiger partial charge in [0.25, 0.3) is 0 Å². The smallest absolute Gasteiger partial charge is 0.233 e. The minimum absolute atomic E-state index is 0.0761. The Balaban J connectivity index is 1.72. The highest BCUT2D eigenvalue weighted by atomic mass is 35.5. The maximum Gasteiger partial charge on any atom is 0.233 e. The summed E-state index contributed by atoms with van der Waals surface area (Å²) in [6.45, 7) is 0. The molecular weight excluding hydrogens is 370 g/mol. The Kier molecular flexibility index (Phi) is 4.02. The van der Waals surface area contributed by atoms with Gasteiger partial charge in [0.05, 0.1) is 11.4 Å². The zero-order valence-corrected chi connectivity index (χ0v) is 16.0. The van der Waals surface area contributed by atoms with Gasteiger partial charge in [-0.25, -0.2) is 14.9 Å². The quantitative estimate of drug-likeness (QED) is 0.690. The van der Waals surface area contributed by atoms with Gasteiger partial charge in [-0.1, -0.05) is 60.1 Å². The molecule has 1 fully saturated rings. The monoisotopic (exact) mass is 387 g/mol. The average Bonchev–Trinajstić information content (AvgIpc) is 3.11. The minimum atomic E-state index is -0.0761. The number of benzene rings is 3. The summed E-state index contributed by atoms with van der Waals surface area (Å²) in [7, 11) is 1.78. The van der Waals surface area contributed by atoms with Gasteiger partial charge in [0, 0.05) is 17.6 Å². The maximum absolute atomic E-state index is 6.33. The fraction of sp³-hybridized carbons (Fsp3) is 0.0909. The number of anilines is 1. The highest BCUT2D eigenvalue weighted by molar-refractivity contribution is 6.30. The molecule has 1 atom stereocenters. The van der Waals surface area contributed by atoms with Crippen LogP contribution < -0.4 is 10.3 Å². The van der Waals surface area contributed by atoms with Crippen molar-refractivity contribution < 1.29 is 0 Å². The van der Waals surface area contributed by atoms with Crippen LogP contribution >= 0.6 is 11.6 Å². The Morgan fingerprint density at radius 1 is 0.964 bits per heavy atom. The summed E-state index contributed by atoms with van der Waals surface area (Å²) in [4.78, 5) is 11.4. The van der Waals surface area contributed by atoms with Gasteiger partial charge in [-0.2, -0.15) is 0 Å². The first-order valence-electron chi connectivity index (χ1n) is 9.07. The Morgan fingerprint density at radius 2 is 1.68 bits per heavy atom. The Hall–Kier alpha value is -3.31. The highest BCUT2D eigenvalue weighted by Gasteiger charge is 2.42. The molecule has 1 saturated heterocycles. The Labute approximate surface area is 168 Å². The number of aliphatic imine (C=N–C) groups is 2. The number of hydrazine groups is 1. The van der Waals surface area contributed by atoms with Crippen LogP contribution in [-0.4, -0.2) is 24.0 Å². The van der Waals surface area contributed by atoms with E-state index in [2.05, 4.69) is 27.6 Å². The van der Waals surface area contributed by atoms with Crippen LogP contribution in [0.2, 0.25) is 5.02 Å². The molecule has 5 rings (SSSR count). The van der Waals surface area contributed by atoms with Crippen molar-refractivity contribution >= 4 is 34.9 Å². The Bertz CT molecular complexity index is 1080. The van der Waals surface area contributed by atoms with Crippen LogP contribution in [0.3, 0.4) is 0 Å². The minimum Gasteiger partial charge on any atom is -0.263 e. The van der Waals surface area contributed by atoms with Crippen molar-refractivity contribution in [3.05, 3.63) is 95.0 Å². The molecule has 1 unspecified atom stereocenters. The van der Waals surface area contributed by atoms with Crippen LogP contribution in [0.15, 0.2) is 88.8 Å². The van der Waals surface area contributed by atoms with Crippen molar-refractivity contribution in [1.82, 2.24) is 10.4 Å². The van der Waals surface area contributed by atoms with E-state index in [1.54, 1.807) is 7.05 Å². The first-order chi connectivity index (χ1) is 13.8. The van der Waals surface area contributed by atoms with Crippen molar-refractivity contribution in [2.24, 2.45) is 9.98 Å². The number of fused-ring (bicyclic) bond motifs is 2. The molecule has 2 heterocycles. The summed E-state index contributed by atoms with van der Waals surface area (Å²) < 4.78 is 0. The highest BCUT2D eigenvalue weighted by Crippen LogP contribution is 2.42. The molecule has 0 spiro atoms. The largest absolute Gasteiger partial charge is 0.263 e. The second kappa shape index (κ2) is 6.69. The number of guanidine groups is 2. The van der Waals surface area contributed by atoms with E-state index in [9.17, 15) is 0 Å². The van der Waals surface area contributed by atoms with Crippen LogP contribution in [0.25, 0.3) is 0 Å². The second-order valence-electron chi connectivity index (χ2n) is 6.63. The van der Waals surface area contributed by atoms with E-state index >= 15 is 0 Å². The first kappa shape index (κ1) is 16.8. The number of nitrogens with one attached hydrogen (secondary N) is 1. The fourth-order valence-corrected chi connectivity index (χ4v) is 3.90. The molecule has 138 valence electrons. The third-order valence-electron chi connectivity index (χ3n) is 4.95. The van der Waals surface area contributed by atoms with Gasteiger partial charge in [0.1, 0.15) is 6.04 Å². The van der Waals surface area contributed by atoms with Gasteiger partial charge >= 0.3 is 0 Å². The normalized spacial score (nSPS) is 19.1. The van der Waals surface area contributed by atoms with Crippen LogP contribution in [0.5, 0.6) is 0 Å². The number of halogens is 1. The number of nitrogens with zero attached hydrogens (tertiary/aromatic N) is 4. The lowest BCUT2D eigenvalue weighted by Crippen LogP contribution is -2.42. The van der Waals surface area contributed by atoms with Gasteiger partial charge in [-0.3, -0.25) is 10.4 Å². The average molecular weight is 388 g/mol. The summed E-state index contributed by atoms with van der Waals surface area (Å²) in [5, 5.41) is 2.75. The molecule has 0 bridgehead atoms. The summed E-state index contributed by atoms with van der Waals surface area (Å²) in [5.41, 5.74) is 7.55. The molecule has 3 aromatic rings. The predicted octanol–water partition coefficient (Wildman–Crippen LogP) is 4.74. The summed E-state index contributed by atoms with van der Waals surface area (Å²) >= 11 is 6.33. The molecule has 28 heavy (non-hydrogen) atoms. The number of rotatable bonds is 2. The van der Waals surface area contributed by atoms with E-state index in [1.165, 1.54) is 0 Å². The van der Waals surface area contributed by atoms with E-state index in [0.29, 0.717) is 5.02 Å². The van der Waals surface area contributed by atoms with Gasteiger partial charge < -0.3 is 0 Å². The van der Waals surface area contributed by atoms with E-state index in [-0.39, 0.29) is 6.04 Å². The zero-order valence-electron chi connectivity index (χ0n) is 15.2. The zero-order chi connectivity index (χ0) is 19.1. The third kappa shape index (κ3) is 2.63. The molecule has 2 aliphatic heterocycles. The standard InChI is InChI=1S/C22H18ClN5/c1-24-21-26-28-20(15-8-4-2-5-9-15)18-14-16(23)12-13-19(18)25-22(28)27(21)17-10-6-3-7-11-17/h2-14,20H,1H3,(H,24,26). The van der Waals surface area contributed by atoms with Crippen LogP contribution in [-0.2, 0) is 0 Å². The summed E-state index contributed by atoms with van der Waals surface area (Å²) in [5.74, 6) is 1.51. The van der Waals surface area contributed by atoms with Crippen LogP contribution in [0, 0.1) is 0 Å². The maximum atomic E-state index is 6.33. The van der Waals surface area contributed by atoms with Gasteiger partial charge in [0.2, 0.25) is 11.9 Å². The summed E-state index contributed by atoms with van der Waals surface area (Å²) in [6.07, 6.45) is 0. The van der Waals surface area contributed by atoms with E-state index < -0.39 is 0 Å². The Morgan fingerprint density at radius 3 is 2.39 bits per heavy atom. The number of hydrogen-bond donors (Lipinski definition) is 1. The van der Waals surface area contributed by atoms with Crippen molar-refractivity contribution in [3.8, 4) is 0 Å². The second-order valence-corrected chi connectivity index (χ2v) is 7.06. The molecule has 5 nitrogen and oxygen atoms in total. The molecule has 0 aliphatic carbocycles. The molecule has 6 heteroatoms. The van der Waals surface area contributed by atoms with Gasteiger partial charge in [-0.15, -0.1) is 0 Å². The molecular formula is C22H18ClN5. The van der Waals surface area contributed by atoms with Gasteiger partial charge in [0.15, 0.2) is 0 Å². The SMILES string of the molecule is CN=C1NN2C(=Nc3ccc(Cl)cc3C2c2ccccc2)N1c1ccccc1. The fourth-order valence-electron chi connectivity index (χ4n) is 3.72. The topological polar surface area (TPSA) is 43.2 Å². The third-order valence-corrected chi connectivity index (χ3v) is 5.19. The van der Waals surface area contributed by atoms with Crippen molar-refractivity contribution in [2.75, 3.05) is 11.9 Å². The van der Waals surface area contributed by atoms with Crippen molar-refractivity contribution in [2.45, 2.75) is 6.04 Å². The number of hydrogen-bond acceptors (Lipinski definition) is 3. The van der Waals surface area contributed by atoms with Crippen LogP contribution in [0.1, 0.15) is 17.2 Å². The molecule has 0 saturated carbocycles. The number of para-hydroxylation sites is 1. The molecule has 2 aliphatic rings. The molecule has 3 aromatic carbocycles. The van der Waals surface area contributed by atoms with E-state index in [0.717, 1.165) is 34.4 Å².